The van der Waals surface area contributed by atoms with Gasteiger partial charge < -0.3 is 25.4 Å². The highest BCUT2D eigenvalue weighted by Crippen LogP contribution is 2.50. The number of amides is 6. The quantitative estimate of drug-likeness (QED) is 0.337. The molecule has 2 unspecified atom stereocenters. The van der Waals surface area contributed by atoms with Crippen molar-refractivity contribution in [2.45, 2.75) is 47.7 Å². The predicted molar refractivity (Wildman–Crippen MR) is 139 cm³/mol. The van der Waals surface area contributed by atoms with Crippen LogP contribution in [0.4, 0.5) is 9.59 Å². The van der Waals surface area contributed by atoms with E-state index in [0.717, 1.165) is 9.91 Å². The Morgan fingerprint density at radius 1 is 1.21 bits per heavy atom. The number of carboxylic acids is 1. The molecule has 0 saturated carbocycles. The van der Waals surface area contributed by atoms with Crippen molar-refractivity contribution in [3.05, 3.63) is 48.0 Å². The van der Waals surface area contributed by atoms with E-state index in [0.29, 0.717) is 5.56 Å². The van der Waals surface area contributed by atoms with Crippen LogP contribution in [0.15, 0.2) is 47.6 Å². The lowest BCUT2D eigenvalue weighted by atomic mass is 9.95. The van der Waals surface area contributed by atoms with Gasteiger partial charge in [0, 0.05) is 10.8 Å². The van der Waals surface area contributed by atoms with Gasteiger partial charge in [0.2, 0.25) is 17.7 Å². The Labute approximate surface area is 232 Å². The van der Waals surface area contributed by atoms with Crippen molar-refractivity contribution in [3.63, 3.8) is 0 Å². The van der Waals surface area contributed by atoms with Crippen LogP contribution >= 0.6 is 23.4 Å². The maximum absolute atomic E-state index is 13.4. The number of nitrogens with one attached hydrogen (secondary N) is 2. The van der Waals surface area contributed by atoms with Crippen LogP contribution in [0.25, 0.3) is 0 Å². The van der Waals surface area contributed by atoms with Crippen molar-refractivity contribution in [2.75, 3.05) is 13.1 Å². The number of hydrazone groups is 1. The molecule has 5 rings (SSSR count). The van der Waals surface area contributed by atoms with Gasteiger partial charge in [-0.2, -0.15) is 0 Å². The summed E-state index contributed by atoms with van der Waals surface area (Å²) in [6.45, 7) is 3.59. The molecule has 5 atom stereocenters. The summed E-state index contributed by atoms with van der Waals surface area (Å²) in [7, 11) is 0. The smallest absolute Gasteiger partial charge is 0.348 e. The average Bonchev–Trinajstić information content (AvgIpc) is 3.55. The number of carbonyl (C=O) groups is 5. The van der Waals surface area contributed by atoms with Crippen LogP contribution in [0, 0.1) is 0 Å². The molecule has 4 aliphatic heterocycles. The van der Waals surface area contributed by atoms with E-state index < -0.39 is 63.7 Å². The third-order valence-electron chi connectivity index (χ3n) is 6.71. The first-order valence-corrected chi connectivity index (χ1v) is 13.3. The fraction of sp³-hybridized carbons (Fsp3) is 0.417. The van der Waals surface area contributed by atoms with Crippen molar-refractivity contribution in [2.24, 2.45) is 5.10 Å². The number of rotatable bonds is 6. The lowest BCUT2D eigenvalue weighted by molar-refractivity contribution is -0.161. The van der Waals surface area contributed by atoms with Gasteiger partial charge in [-0.25, -0.2) is 24.3 Å². The maximum atomic E-state index is 13.4. The van der Waals surface area contributed by atoms with Crippen LogP contribution in [0.3, 0.4) is 0 Å². The molecule has 3 N–H and O–H groups in total. The number of fused-ring (bicyclic) bond motifs is 1. The molecular formula is C24H25ClN6O7S. The van der Waals surface area contributed by atoms with E-state index in [2.05, 4.69) is 15.7 Å². The van der Waals surface area contributed by atoms with Gasteiger partial charge in [-0.05, 0) is 25.5 Å². The SMILES string of the molecule is CC1(C)S[C@@H]2[C@H](NC(=O)C(NC(=O)N3CCN(N=C4C=CC(Cl)O4)C3=O)c3ccccc3)C(=O)N2[C@H]1C(=O)O. The van der Waals surface area contributed by atoms with Gasteiger partial charge in [0.25, 0.3) is 0 Å². The summed E-state index contributed by atoms with van der Waals surface area (Å²) in [5, 5.41) is 19.4. The van der Waals surface area contributed by atoms with Gasteiger partial charge in [-0.3, -0.25) is 9.59 Å². The normalized spacial score (nSPS) is 28.7. The summed E-state index contributed by atoms with van der Waals surface area (Å²) in [5.74, 6) is -2.17. The van der Waals surface area contributed by atoms with Crippen LogP contribution in [0.1, 0.15) is 25.5 Å². The molecular weight excluding hydrogens is 552 g/mol. The minimum absolute atomic E-state index is 0.0129. The van der Waals surface area contributed by atoms with Gasteiger partial charge in [0.1, 0.15) is 23.5 Å². The molecule has 15 heteroatoms. The van der Waals surface area contributed by atoms with Gasteiger partial charge in [-0.15, -0.1) is 16.9 Å². The number of benzene rings is 1. The number of nitrogens with zero attached hydrogens (tertiary/aromatic N) is 4. The Kier molecular flexibility index (Phi) is 6.93. The molecule has 4 aliphatic rings. The van der Waals surface area contributed by atoms with Crippen molar-refractivity contribution in [3.8, 4) is 0 Å². The fourth-order valence-electron chi connectivity index (χ4n) is 4.86. The Hall–Kier alpha value is -3.78. The highest BCUT2D eigenvalue weighted by Gasteiger charge is 2.64. The number of halogens is 1. The number of ether oxygens (including phenoxy) is 1. The van der Waals surface area contributed by atoms with Crippen molar-refractivity contribution >= 4 is 59.1 Å². The predicted octanol–water partition coefficient (Wildman–Crippen LogP) is 1.27. The number of imide groups is 1. The van der Waals surface area contributed by atoms with Crippen molar-refractivity contribution in [1.29, 1.82) is 0 Å². The largest absolute Gasteiger partial charge is 0.480 e. The number of carboxylic acid groups (broad SMARTS) is 1. The number of hydrogen-bond donors (Lipinski definition) is 3. The zero-order valence-electron chi connectivity index (χ0n) is 20.8. The molecule has 0 bridgehead atoms. The van der Waals surface area contributed by atoms with Gasteiger partial charge in [-0.1, -0.05) is 41.9 Å². The molecule has 3 fully saturated rings. The van der Waals surface area contributed by atoms with Crippen LogP contribution in [0.5, 0.6) is 0 Å². The van der Waals surface area contributed by atoms with E-state index in [4.69, 9.17) is 16.3 Å². The number of urea groups is 2. The number of carbonyl (C=O) groups excluding carboxylic acids is 4. The Morgan fingerprint density at radius 2 is 1.92 bits per heavy atom. The molecule has 6 amide bonds. The van der Waals surface area contributed by atoms with E-state index >= 15 is 0 Å². The zero-order chi connectivity index (χ0) is 28.1. The minimum Gasteiger partial charge on any atom is -0.480 e. The summed E-state index contributed by atoms with van der Waals surface area (Å²) in [4.78, 5) is 66.2. The third kappa shape index (κ3) is 4.89. The number of alkyl halides is 1. The average molecular weight is 577 g/mol. The lowest BCUT2D eigenvalue weighted by Gasteiger charge is -2.44. The monoisotopic (exact) mass is 576 g/mol. The van der Waals surface area contributed by atoms with Crippen LogP contribution in [0.2, 0.25) is 0 Å². The summed E-state index contributed by atoms with van der Waals surface area (Å²) in [5.41, 5.74) is -0.263. The summed E-state index contributed by atoms with van der Waals surface area (Å²) in [6, 6.07) is 3.61. The molecule has 1 aromatic rings. The molecule has 0 spiro atoms. The first-order valence-electron chi connectivity index (χ1n) is 12.0. The van der Waals surface area contributed by atoms with Crippen LogP contribution in [-0.2, 0) is 19.1 Å². The summed E-state index contributed by atoms with van der Waals surface area (Å²) >= 11 is 7.11. The summed E-state index contributed by atoms with van der Waals surface area (Å²) in [6.07, 6.45) is 3.06. The molecule has 206 valence electrons. The van der Waals surface area contributed by atoms with E-state index in [-0.39, 0.29) is 19.0 Å². The topological polar surface area (TPSA) is 161 Å². The van der Waals surface area contributed by atoms with Gasteiger partial charge in [0.15, 0.2) is 5.56 Å². The number of aliphatic carboxylic acids is 1. The van der Waals surface area contributed by atoms with Crippen LogP contribution < -0.4 is 10.6 Å². The van der Waals surface area contributed by atoms with Crippen molar-refractivity contribution < 1.29 is 33.8 Å². The second-order valence-corrected chi connectivity index (χ2v) is 11.9. The number of β-lactam (4-membered cyclic amide) rings is 1. The zero-order valence-corrected chi connectivity index (χ0v) is 22.4. The fourth-order valence-corrected chi connectivity index (χ4v) is 6.65. The first kappa shape index (κ1) is 26.8. The minimum atomic E-state index is -1.23. The van der Waals surface area contributed by atoms with E-state index in [9.17, 15) is 29.1 Å². The van der Waals surface area contributed by atoms with Crippen molar-refractivity contribution in [1.82, 2.24) is 25.4 Å². The Morgan fingerprint density at radius 3 is 2.56 bits per heavy atom. The molecule has 0 aliphatic carbocycles. The lowest BCUT2D eigenvalue weighted by Crippen LogP contribution is -2.71. The molecule has 3 saturated heterocycles. The Balaban J connectivity index is 1.29. The van der Waals surface area contributed by atoms with Crippen LogP contribution in [-0.4, -0.2) is 96.5 Å². The molecule has 39 heavy (non-hydrogen) atoms. The second kappa shape index (κ2) is 10.1. The summed E-state index contributed by atoms with van der Waals surface area (Å²) < 4.78 is 4.46. The van der Waals surface area contributed by atoms with Gasteiger partial charge >= 0.3 is 18.0 Å². The van der Waals surface area contributed by atoms with E-state index in [1.54, 1.807) is 50.3 Å². The molecule has 0 radical (unpaired) electrons. The second-order valence-electron chi connectivity index (χ2n) is 9.70. The highest BCUT2D eigenvalue weighted by molar-refractivity contribution is 8.01. The molecule has 0 aromatic heterocycles. The van der Waals surface area contributed by atoms with Gasteiger partial charge in [0.05, 0.1) is 13.1 Å². The number of hydrogen-bond acceptors (Lipinski definition) is 8. The third-order valence-corrected chi connectivity index (χ3v) is 8.52. The molecule has 13 nitrogen and oxygen atoms in total. The first-order chi connectivity index (χ1) is 18.5. The van der Waals surface area contributed by atoms with E-state index in [1.807, 2.05) is 0 Å². The maximum Gasteiger partial charge on any atom is 0.348 e. The highest BCUT2D eigenvalue weighted by atomic mass is 35.5. The molecule has 1 aromatic carbocycles. The van der Waals surface area contributed by atoms with E-state index in [1.165, 1.54) is 22.7 Å². The number of thioether (sulfide) groups is 1. The standard InChI is InChI=1S/C24H25ClN6O7S/c1-24(2)17(21(34)35)31-19(33)16(20(31)39-24)26-18(32)15(12-6-4-3-5-7-12)27-22(36)29-10-11-30(23(29)37)28-14-9-8-13(25)38-14/h3-9,13,15-17,20H,10-11H2,1-2H3,(H,26,32)(H,27,36)(H,34,35)/t13?,15?,16-,17+,20-/m1/s1. The molecule has 4 heterocycles. The Bertz CT molecular complexity index is 1290.